The molecule has 1 aromatic heterocycles. The lowest BCUT2D eigenvalue weighted by molar-refractivity contribution is 0.122. The zero-order valence-corrected chi connectivity index (χ0v) is 13.9. The first-order chi connectivity index (χ1) is 12.3. The first kappa shape index (κ1) is 16.2. The third-order valence-corrected chi connectivity index (χ3v) is 4.67. The zero-order valence-electron chi connectivity index (χ0n) is 13.9. The number of aliphatic hydroxyl groups is 1. The van der Waals surface area contributed by atoms with Crippen LogP contribution in [0.4, 0.5) is 10.2 Å². The predicted molar refractivity (Wildman–Crippen MR) is 93.8 cm³/mol. The fourth-order valence-electron chi connectivity index (χ4n) is 3.35. The van der Waals surface area contributed by atoms with E-state index in [0.29, 0.717) is 31.7 Å². The topological polar surface area (TPSA) is 58.0 Å². The maximum Gasteiger partial charge on any atom is 0.129 e. The lowest BCUT2D eigenvalue weighted by Crippen LogP contribution is -2.36. The second-order valence-corrected chi connectivity index (χ2v) is 6.24. The van der Waals surface area contributed by atoms with Gasteiger partial charge in [0.2, 0.25) is 0 Å². The number of pyridine rings is 1. The largest absolute Gasteiger partial charge is 0.396 e. The highest BCUT2D eigenvalue weighted by Gasteiger charge is 2.21. The van der Waals surface area contributed by atoms with Crippen LogP contribution in [-0.2, 0) is 17.7 Å². The Bertz CT molecular complexity index is 816. The van der Waals surface area contributed by atoms with Crippen molar-refractivity contribution in [3.05, 3.63) is 58.5 Å². The summed E-state index contributed by atoms with van der Waals surface area (Å²) in [5.74, 6) is 0.641. The molecule has 0 spiro atoms. The molecule has 0 bridgehead atoms. The van der Waals surface area contributed by atoms with Gasteiger partial charge in [0.05, 0.1) is 25.5 Å². The lowest BCUT2D eigenvalue weighted by atomic mass is 9.97. The van der Waals surface area contributed by atoms with Crippen molar-refractivity contribution in [1.29, 1.82) is 0 Å². The highest BCUT2D eigenvalue weighted by Crippen LogP contribution is 2.27. The molecule has 2 aliphatic rings. The minimum Gasteiger partial charge on any atom is -0.396 e. The highest BCUT2D eigenvalue weighted by atomic mass is 19.1. The summed E-state index contributed by atoms with van der Waals surface area (Å²) in [7, 11) is 0. The van der Waals surface area contributed by atoms with E-state index in [4.69, 9.17) is 9.84 Å². The average molecular weight is 341 g/mol. The van der Waals surface area contributed by atoms with Crippen LogP contribution in [0, 0.1) is 5.82 Å². The van der Waals surface area contributed by atoms with E-state index in [1.54, 1.807) is 12.3 Å². The summed E-state index contributed by atoms with van der Waals surface area (Å²) in [6.07, 6.45) is 2.10. The number of aliphatic imine (C=N–C) groups is 1. The molecule has 0 radical (unpaired) electrons. The molecule has 0 amide bonds. The second-order valence-electron chi connectivity index (χ2n) is 6.24. The lowest BCUT2D eigenvalue weighted by Gasteiger charge is -2.28. The van der Waals surface area contributed by atoms with Crippen molar-refractivity contribution < 1.29 is 14.2 Å². The molecule has 1 saturated heterocycles. The molecule has 2 aliphatic heterocycles. The molecule has 6 heteroatoms. The van der Waals surface area contributed by atoms with Gasteiger partial charge in [0.25, 0.3) is 0 Å². The SMILES string of the molecule is OCCc1cc2c(cc1F)CN=C2c1ccnc(N2CCOCC2)c1. The average Bonchev–Trinajstić information content (AvgIpc) is 3.06. The van der Waals surface area contributed by atoms with Crippen LogP contribution in [0.3, 0.4) is 0 Å². The second kappa shape index (κ2) is 6.90. The summed E-state index contributed by atoms with van der Waals surface area (Å²) < 4.78 is 19.5. The summed E-state index contributed by atoms with van der Waals surface area (Å²) in [6.45, 7) is 3.48. The van der Waals surface area contributed by atoms with Crippen molar-refractivity contribution in [1.82, 2.24) is 4.98 Å². The number of hydrogen-bond acceptors (Lipinski definition) is 5. The van der Waals surface area contributed by atoms with Gasteiger partial charge in [-0.25, -0.2) is 9.37 Å². The number of benzene rings is 1. The van der Waals surface area contributed by atoms with Crippen molar-refractivity contribution >= 4 is 11.5 Å². The molecular formula is C19H20FN3O2. The number of hydrogen-bond donors (Lipinski definition) is 1. The van der Waals surface area contributed by atoms with Gasteiger partial charge < -0.3 is 14.7 Å². The van der Waals surface area contributed by atoms with Crippen molar-refractivity contribution in [3.8, 4) is 0 Å². The molecule has 1 fully saturated rings. The zero-order chi connectivity index (χ0) is 17.2. The molecule has 3 heterocycles. The van der Waals surface area contributed by atoms with Crippen molar-refractivity contribution in [2.75, 3.05) is 37.8 Å². The minimum atomic E-state index is -0.270. The number of ether oxygens (including phenoxy) is 1. The Kier molecular flexibility index (Phi) is 4.46. The Hall–Kier alpha value is -2.31. The van der Waals surface area contributed by atoms with Gasteiger partial charge in [-0.1, -0.05) is 0 Å². The van der Waals surface area contributed by atoms with Crippen molar-refractivity contribution in [2.24, 2.45) is 4.99 Å². The van der Waals surface area contributed by atoms with Crippen molar-refractivity contribution in [3.63, 3.8) is 0 Å². The van der Waals surface area contributed by atoms with Gasteiger partial charge in [0.15, 0.2) is 0 Å². The molecule has 25 heavy (non-hydrogen) atoms. The molecule has 4 rings (SSSR count). The van der Waals surface area contributed by atoms with E-state index in [9.17, 15) is 4.39 Å². The molecule has 1 N–H and O–H groups in total. The predicted octanol–water partition coefficient (Wildman–Crippen LogP) is 1.94. The number of anilines is 1. The summed E-state index contributed by atoms with van der Waals surface area (Å²) in [5, 5.41) is 9.14. The van der Waals surface area contributed by atoms with Crippen LogP contribution in [-0.4, -0.2) is 48.7 Å². The standard InChI is InChI=1S/C19H20FN3O2/c20-17-10-15-12-22-19(16(15)9-13(17)2-6-24)14-1-3-21-18(11-14)23-4-7-25-8-5-23/h1,3,9-11,24H,2,4-8,12H2. The van der Waals surface area contributed by atoms with E-state index >= 15 is 0 Å². The summed E-state index contributed by atoms with van der Waals surface area (Å²) >= 11 is 0. The first-order valence-corrected chi connectivity index (χ1v) is 8.52. The van der Waals surface area contributed by atoms with Gasteiger partial charge in [0, 0.05) is 37.0 Å². The highest BCUT2D eigenvalue weighted by molar-refractivity contribution is 6.15. The van der Waals surface area contributed by atoms with E-state index in [1.807, 2.05) is 18.2 Å². The number of morpholine rings is 1. The van der Waals surface area contributed by atoms with Crippen LogP contribution in [0.5, 0.6) is 0 Å². The summed E-state index contributed by atoms with van der Waals surface area (Å²) in [6, 6.07) is 7.34. The van der Waals surface area contributed by atoms with E-state index in [0.717, 1.165) is 41.3 Å². The maximum absolute atomic E-state index is 14.1. The first-order valence-electron chi connectivity index (χ1n) is 8.52. The summed E-state index contributed by atoms with van der Waals surface area (Å²) in [5.41, 5.74) is 4.21. The van der Waals surface area contributed by atoms with Crippen LogP contribution in [0.25, 0.3) is 0 Å². The molecular weight excluding hydrogens is 321 g/mol. The van der Waals surface area contributed by atoms with Gasteiger partial charge in [-0.2, -0.15) is 0 Å². The summed E-state index contributed by atoms with van der Waals surface area (Å²) in [4.78, 5) is 11.3. The Morgan fingerprint density at radius 1 is 1.20 bits per heavy atom. The Balaban J connectivity index is 1.67. The van der Waals surface area contributed by atoms with Crippen LogP contribution in [0.1, 0.15) is 22.3 Å². The molecule has 0 atom stereocenters. The minimum absolute atomic E-state index is 0.0708. The van der Waals surface area contributed by atoms with Gasteiger partial charge in [-0.15, -0.1) is 0 Å². The maximum atomic E-state index is 14.1. The van der Waals surface area contributed by atoms with Gasteiger partial charge in [-0.05, 0) is 41.8 Å². The Morgan fingerprint density at radius 2 is 2.04 bits per heavy atom. The molecule has 2 aromatic rings. The van der Waals surface area contributed by atoms with Crippen LogP contribution >= 0.6 is 0 Å². The fraction of sp³-hybridized carbons (Fsp3) is 0.368. The molecule has 130 valence electrons. The number of nitrogens with zero attached hydrogens (tertiary/aromatic N) is 3. The van der Waals surface area contributed by atoms with E-state index in [1.165, 1.54) is 0 Å². The number of halogens is 1. The van der Waals surface area contributed by atoms with E-state index < -0.39 is 0 Å². The van der Waals surface area contributed by atoms with Gasteiger partial charge in [-0.3, -0.25) is 4.99 Å². The molecule has 0 saturated carbocycles. The van der Waals surface area contributed by atoms with E-state index in [2.05, 4.69) is 14.9 Å². The van der Waals surface area contributed by atoms with Crippen LogP contribution < -0.4 is 4.90 Å². The van der Waals surface area contributed by atoms with Crippen LogP contribution in [0.15, 0.2) is 35.5 Å². The number of rotatable bonds is 4. The Labute approximate surface area is 145 Å². The number of aliphatic hydroxyl groups excluding tert-OH is 1. The molecule has 0 unspecified atom stereocenters. The quantitative estimate of drug-likeness (QED) is 0.923. The number of aromatic nitrogens is 1. The van der Waals surface area contributed by atoms with Crippen LogP contribution in [0.2, 0.25) is 0 Å². The molecule has 0 aliphatic carbocycles. The van der Waals surface area contributed by atoms with Gasteiger partial charge >= 0.3 is 0 Å². The third-order valence-electron chi connectivity index (χ3n) is 4.67. The normalized spacial score (nSPS) is 16.7. The molecule has 1 aromatic carbocycles. The third kappa shape index (κ3) is 3.15. The Morgan fingerprint density at radius 3 is 2.84 bits per heavy atom. The fourth-order valence-corrected chi connectivity index (χ4v) is 3.35. The van der Waals surface area contributed by atoms with Crippen molar-refractivity contribution in [2.45, 2.75) is 13.0 Å². The van der Waals surface area contributed by atoms with Gasteiger partial charge in [0.1, 0.15) is 11.6 Å². The smallest absolute Gasteiger partial charge is 0.129 e. The molecule has 5 nitrogen and oxygen atoms in total. The van der Waals surface area contributed by atoms with E-state index in [-0.39, 0.29) is 12.4 Å². The number of fused-ring (bicyclic) bond motifs is 1. The monoisotopic (exact) mass is 341 g/mol.